The number of phenols is 1. The van der Waals surface area contributed by atoms with Crippen LogP contribution < -0.4 is 9.64 Å². The minimum Gasteiger partial charge on any atom is -0.508 e. The van der Waals surface area contributed by atoms with Gasteiger partial charge in [-0.3, -0.25) is 4.90 Å². The summed E-state index contributed by atoms with van der Waals surface area (Å²) in [5.41, 5.74) is -1.06. The predicted octanol–water partition coefficient (Wildman–Crippen LogP) is 5.56. The van der Waals surface area contributed by atoms with Gasteiger partial charge in [-0.2, -0.15) is 9.97 Å². The Balaban J connectivity index is 1.44. The third-order valence-electron chi connectivity index (χ3n) is 9.60. The molecule has 0 spiro atoms. The molecule has 2 N–H and O–H groups in total. The molecule has 230 valence electrons. The van der Waals surface area contributed by atoms with E-state index < -0.39 is 35.0 Å². The van der Waals surface area contributed by atoms with Crippen LogP contribution >= 0.6 is 0 Å². The molecule has 0 aliphatic carbocycles. The highest BCUT2D eigenvalue weighted by Crippen LogP contribution is 2.44. The number of aromatic hydroxyl groups is 1. The predicted molar refractivity (Wildman–Crippen MR) is 163 cm³/mol. The normalized spacial score (nSPS) is 23.5. The fourth-order valence-electron chi connectivity index (χ4n) is 7.53. The van der Waals surface area contributed by atoms with Gasteiger partial charge < -0.3 is 19.8 Å². The number of rotatable bonds is 6. The molecule has 2 saturated heterocycles. The van der Waals surface area contributed by atoms with E-state index in [9.17, 15) is 19.0 Å². The molecule has 2 aromatic carbocycles. The SMILES string of the molecule is C=Cc1c(F)ccc2cc(O)cc(-c3nc4c5c(nc(OC[C@@]67CCCN6C[C@H](F)C7)nc5c3F)N(C)[C@@H](C(C)(C)O)C4)c12. The number of nitrogens with zero attached hydrogens (tertiary/aromatic N) is 5. The summed E-state index contributed by atoms with van der Waals surface area (Å²) in [4.78, 5) is 17.8. The Morgan fingerprint density at radius 3 is 2.73 bits per heavy atom. The average molecular weight is 606 g/mol. The van der Waals surface area contributed by atoms with E-state index in [2.05, 4.69) is 21.4 Å². The minimum absolute atomic E-state index is 0.0466. The summed E-state index contributed by atoms with van der Waals surface area (Å²) >= 11 is 0. The zero-order chi connectivity index (χ0) is 31.1. The van der Waals surface area contributed by atoms with Crippen molar-refractivity contribution in [3.63, 3.8) is 0 Å². The Kier molecular flexibility index (Phi) is 6.56. The van der Waals surface area contributed by atoms with E-state index in [1.807, 2.05) is 0 Å². The standard InChI is InChI=1S/C33H34F3N5O3/c1-5-20-22(35)8-7-17-11-19(42)12-21(25(17)20)28-27(36)29-26-23(37-28)13-24(32(2,3)43)40(4)30(26)39-31(38-29)44-16-33-9-6-10-41(33)15-18(34)14-33/h5,7-8,11-12,18,24,42-43H,1,6,9-10,13-16H2,2-4H3/t18-,24-,33+/m1/s1. The molecule has 0 saturated carbocycles. The topological polar surface area (TPSA) is 94.8 Å². The van der Waals surface area contributed by atoms with Crippen molar-refractivity contribution >= 4 is 33.6 Å². The lowest BCUT2D eigenvalue weighted by molar-refractivity contribution is 0.0492. The van der Waals surface area contributed by atoms with Crippen LogP contribution in [0.25, 0.3) is 39.0 Å². The first-order valence-corrected chi connectivity index (χ1v) is 14.9. The van der Waals surface area contributed by atoms with Gasteiger partial charge in [0.15, 0.2) is 5.82 Å². The van der Waals surface area contributed by atoms with E-state index >= 15 is 4.39 Å². The van der Waals surface area contributed by atoms with Crippen molar-refractivity contribution in [3.05, 3.63) is 53.7 Å². The summed E-state index contributed by atoms with van der Waals surface area (Å²) in [7, 11) is 1.77. The molecule has 2 fully saturated rings. The fourth-order valence-corrected chi connectivity index (χ4v) is 7.53. The van der Waals surface area contributed by atoms with Crippen molar-refractivity contribution in [2.24, 2.45) is 0 Å². The molecular weight excluding hydrogens is 571 g/mol. The first-order chi connectivity index (χ1) is 20.9. The third kappa shape index (κ3) is 4.39. The molecule has 0 amide bonds. The van der Waals surface area contributed by atoms with Crippen molar-refractivity contribution in [1.82, 2.24) is 19.9 Å². The summed E-state index contributed by atoms with van der Waals surface area (Å²) in [5.74, 6) is -1.13. The summed E-state index contributed by atoms with van der Waals surface area (Å²) in [5, 5.41) is 22.9. The molecular formula is C33H34F3N5O3. The lowest BCUT2D eigenvalue weighted by Crippen LogP contribution is -2.51. The molecule has 3 aliphatic rings. The number of benzene rings is 2. The average Bonchev–Trinajstić information content (AvgIpc) is 3.49. The molecule has 8 nitrogen and oxygen atoms in total. The summed E-state index contributed by atoms with van der Waals surface area (Å²) in [6.07, 6.45) is 2.74. The van der Waals surface area contributed by atoms with E-state index in [1.165, 1.54) is 30.3 Å². The van der Waals surface area contributed by atoms with Gasteiger partial charge in [-0.05, 0) is 56.8 Å². The molecule has 44 heavy (non-hydrogen) atoms. The number of ether oxygens (including phenoxy) is 1. The van der Waals surface area contributed by atoms with Gasteiger partial charge in [0.2, 0.25) is 0 Å². The number of phenolic OH excluding ortho intramolecular Hbond substituents is 1. The molecule has 0 bridgehead atoms. The van der Waals surface area contributed by atoms with Gasteiger partial charge in [-0.1, -0.05) is 18.7 Å². The Morgan fingerprint density at radius 2 is 1.98 bits per heavy atom. The third-order valence-corrected chi connectivity index (χ3v) is 9.60. The summed E-state index contributed by atoms with van der Waals surface area (Å²) in [6, 6.07) is 5.04. The van der Waals surface area contributed by atoms with Crippen LogP contribution in [0.2, 0.25) is 0 Å². The first kappa shape index (κ1) is 28.8. The molecule has 5 heterocycles. The molecule has 7 rings (SSSR count). The van der Waals surface area contributed by atoms with Crippen molar-refractivity contribution in [2.75, 3.05) is 31.6 Å². The quantitative estimate of drug-likeness (QED) is 0.295. The second-order valence-corrected chi connectivity index (χ2v) is 12.9. The zero-order valence-corrected chi connectivity index (χ0v) is 24.9. The Hall–Kier alpha value is -3.96. The second-order valence-electron chi connectivity index (χ2n) is 12.9. The van der Waals surface area contributed by atoms with E-state index in [1.54, 1.807) is 25.8 Å². The van der Waals surface area contributed by atoms with Gasteiger partial charge in [0.25, 0.3) is 0 Å². The summed E-state index contributed by atoms with van der Waals surface area (Å²) < 4.78 is 52.3. The number of likely N-dealkylation sites (N-methyl/N-ethyl adjacent to an activating group) is 1. The molecule has 0 radical (unpaired) electrons. The number of halogens is 3. The molecule has 3 aliphatic heterocycles. The van der Waals surface area contributed by atoms with Crippen LogP contribution in [0.1, 0.15) is 44.4 Å². The van der Waals surface area contributed by atoms with Crippen LogP contribution in [0.3, 0.4) is 0 Å². The number of fused-ring (bicyclic) bond motifs is 2. The first-order valence-electron chi connectivity index (χ1n) is 14.9. The van der Waals surface area contributed by atoms with Crippen molar-refractivity contribution in [2.45, 2.75) is 62.9 Å². The number of aliphatic hydroxyl groups is 1. The molecule has 2 aromatic heterocycles. The van der Waals surface area contributed by atoms with Crippen LogP contribution in [0.4, 0.5) is 19.0 Å². The lowest BCUT2D eigenvalue weighted by Gasteiger charge is -2.41. The van der Waals surface area contributed by atoms with E-state index in [0.29, 0.717) is 40.6 Å². The number of hydrogen-bond acceptors (Lipinski definition) is 8. The van der Waals surface area contributed by atoms with Gasteiger partial charge in [-0.25, -0.2) is 18.2 Å². The second kappa shape index (κ2) is 10.0. The largest absolute Gasteiger partial charge is 0.508 e. The Labute approximate surface area is 252 Å². The minimum atomic E-state index is -1.19. The molecule has 3 atom stereocenters. The van der Waals surface area contributed by atoms with Crippen LogP contribution in [0.15, 0.2) is 30.8 Å². The van der Waals surface area contributed by atoms with E-state index in [0.717, 1.165) is 19.4 Å². The highest BCUT2D eigenvalue weighted by molar-refractivity contribution is 6.04. The maximum absolute atomic E-state index is 16.8. The monoisotopic (exact) mass is 605 g/mol. The lowest BCUT2D eigenvalue weighted by atomic mass is 9.88. The van der Waals surface area contributed by atoms with Crippen LogP contribution in [-0.4, -0.2) is 80.2 Å². The van der Waals surface area contributed by atoms with Crippen LogP contribution in [0.5, 0.6) is 11.8 Å². The van der Waals surface area contributed by atoms with E-state index in [-0.39, 0.29) is 47.1 Å². The van der Waals surface area contributed by atoms with Crippen molar-refractivity contribution in [3.8, 4) is 23.0 Å². The van der Waals surface area contributed by atoms with E-state index in [4.69, 9.17) is 9.72 Å². The maximum atomic E-state index is 16.8. The Bertz CT molecular complexity index is 1840. The van der Waals surface area contributed by atoms with Crippen LogP contribution in [0, 0.1) is 11.6 Å². The van der Waals surface area contributed by atoms with Gasteiger partial charge in [0, 0.05) is 42.9 Å². The zero-order valence-electron chi connectivity index (χ0n) is 24.9. The number of pyridine rings is 1. The molecule has 11 heteroatoms. The summed E-state index contributed by atoms with van der Waals surface area (Å²) in [6.45, 7) is 8.43. The van der Waals surface area contributed by atoms with Gasteiger partial charge in [0.05, 0.1) is 28.3 Å². The number of anilines is 1. The number of alkyl halides is 1. The van der Waals surface area contributed by atoms with Gasteiger partial charge in [0.1, 0.15) is 41.4 Å². The molecule has 4 aromatic rings. The van der Waals surface area contributed by atoms with Gasteiger partial charge in [-0.15, -0.1) is 0 Å². The van der Waals surface area contributed by atoms with Gasteiger partial charge >= 0.3 is 6.01 Å². The van der Waals surface area contributed by atoms with Crippen LogP contribution in [-0.2, 0) is 6.42 Å². The fraction of sp³-hybridized carbons (Fsp3) is 0.424. The van der Waals surface area contributed by atoms with Crippen molar-refractivity contribution < 1.29 is 28.1 Å². The Morgan fingerprint density at radius 1 is 1.18 bits per heavy atom. The highest BCUT2D eigenvalue weighted by Gasteiger charge is 2.49. The number of hydrogen-bond donors (Lipinski definition) is 2. The van der Waals surface area contributed by atoms with Crippen molar-refractivity contribution in [1.29, 1.82) is 0 Å². The highest BCUT2D eigenvalue weighted by atomic mass is 19.1. The number of aromatic nitrogens is 3. The molecule has 0 unspecified atom stereocenters. The smallest absolute Gasteiger partial charge is 0.319 e. The maximum Gasteiger partial charge on any atom is 0.319 e.